The minimum absolute atomic E-state index is 0.0696. The van der Waals surface area contributed by atoms with Gasteiger partial charge in [0.15, 0.2) is 0 Å². The van der Waals surface area contributed by atoms with Crippen LogP contribution in [0.1, 0.15) is 47.1 Å². The van der Waals surface area contributed by atoms with Crippen molar-refractivity contribution in [1.29, 1.82) is 0 Å². The molecule has 0 amide bonds. The van der Waals surface area contributed by atoms with Crippen LogP contribution in [0.25, 0.3) is 0 Å². The van der Waals surface area contributed by atoms with Crippen LogP contribution in [-0.2, 0) is 25.3 Å². The van der Waals surface area contributed by atoms with E-state index < -0.39 is 26.3 Å². The molecule has 3 aromatic rings. The fraction of sp³-hybridized carbons (Fsp3) is 0.441. The number of carbonyl (C=O) groups is 1. The highest BCUT2D eigenvalue weighted by atomic mass is 28.4. The van der Waals surface area contributed by atoms with Gasteiger partial charge in [0.2, 0.25) is 0 Å². The van der Waals surface area contributed by atoms with Gasteiger partial charge in [-0.15, -0.1) is 0 Å². The second kappa shape index (κ2) is 14.2. The summed E-state index contributed by atoms with van der Waals surface area (Å²) >= 11 is 0. The summed E-state index contributed by atoms with van der Waals surface area (Å²) < 4.78 is 18.6. The van der Waals surface area contributed by atoms with Gasteiger partial charge >= 0.3 is 5.97 Å². The normalized spacial score (nSPS) is 16.0. The predicted octanol–water partition coefficient (Wildman–Crippen LogP) is 5.59. The summed E-state index contributed by atoms with van der Waals surface area (Å²) in [5.41, 5.74) is 1.05. The van der Waals surface area contributed by atoms with Crippen LogP contribution >= 0.6 is 0 Å². The SMILES string of the molecule is COC(=O)[C@@H](C)[C@H](O)[C@@H](C)[C@H](OCc1ccccc1)[C@@H](C)CO[Si](c1ccccc1)(c1ccccc1)C(C)(C)C. The maximum absolute atomic E-state index is 12.3. The van der Waals surface area contributed by atoms with Gasteiger partial charge in [0, 0.05) is 18.4 Å². The van der Waals surface area contributed by atoms with Crippen molar-refractivity contribution in [1.82, 2.24) is 0 Å². The molecule has 40 heavy (non-hydrogen) atoms. The summed E-state index contributed by atoms with van der Waals surface area (Å²) in [6, 6.07) is 31.1. The number of hydrogen-bond acceptors (Lipinski definition) is 5. The van der Waals surface area contributed by atoms with E-state index in [-0.39, 0.29) is 23.0 Å². The number of rotatable bonds is 13. The van der Waals surface area contributed by atoms with Gasteiger partial charge in [-0.2, -0.15) is 0 Å². The quantitative estimate of drug-likeness (QED) is 0.217. The molecule has 0 aliphatic rings. The number of hydrogen-bond donors (Lipinski definition) is 1. The first kappa shape index (κ1) is 31.8. The second-order valence-corrected chi connectivity index (χ2v) is 16.2. The monoisotopic (exact) mass is 562 g/mol. The van der Waals surface area contributed by atoms with Crippen molar-refractivity contribution in [2.24, 2.45) is 17.8 Å². The molecule has 0 fully saturated rings. The average Bonchev–Trinajstić information content (AvgIpc) is 2.97. The Morgan fingerprint density at radius 1 is 0.825 bits per heavy atom. The van der Waals surface area contributed by atoms with Gasteiger partial charge in [-0.1, -0.05) is 126 Å². The van der Waals surface area contributed by atoms with E-state index in [0.29, 0.717) is 13.2 Å². The zero-order chi connectivity index (χ0) is 29.3. The van der Waals surface area contributed by atoms with Crippen molar-refractivity contribution in [2.45, 2.75) is 65.4 Å². The molecule has 0 spiro atoms. The van der Waals surface area contributed by atoms with Crippen LogP contribution in [0.15, 0.2) is 91.0 Å². The van der Waals surface area contributed by atoms with Gasteiger partial charge < -0.3 is 19.0 Å². The average molecular weight is 563 g/mol. The van der Waals surface area contributed by atoms with Gasteiger partial charge in [-0.3, -0.25) is 4.79 Å². The molecule has 5 nitrogen and oxygen atoms in total. The van der Waals surface area contributed by atoms with E-state index in [1.807, 2.05) is 49.4 Å². The Labute approximate surface area is 241 Å². The molecule has 0 saturated carbocycles. The lowest BCUT2D eigenvalue weighted by atomic mass is 9.84. The topological polar surface area (TPSA) is 65.0 Å². The first-order valence-electron chi connectivity index (χ1n) is 14.2. The Hall–Kier alpha value is -2.77. The predicted molar refractivity (Wildman–Crippen MR) is 164 cm³/mol. The number of methoxy groups -OCH3 is 1. The molecule has 5 atom stereocenters. The molecule has 1 N–H and O–H groups in total. The summed E-state index contributed by atoms with van der Waals surface area (Å²) in [6.45, 7) is 13.4. The number of aliphatic hydroxyl groups is 1. The van der Waals surface area contributed by atoms with E-state index in [1.54, 1.807) is 6.92 Å². The zero-order valence-electron chi connectivity index (χ0n) is 25.0. The molecular weight excluding hydrogens is 516 g/mol. The van der Waals surface area contributed by atoms with E-state index in [1.165, 1.54) is 17.5 Å². The molecule has 0 aromatic heterocycles. The smallest absolute Gasteiger partial charge is 0.311 e. The van der Waals surface area contributed by atoms with Crippen molar-refractivity contribution in [3.8, 4) is 0 Å². The fourth-order valence-electron chi connectivity index (χ4n) is 5.69. The van der Waals surface area contributed by atoms with E-state index in [9.17, 15) is 9.90 Å². The molecule has 3 aromatic carbocycles. The molecular formula is C34H46O5Si. The summed E-state index contributed by atoms with van der Waals surface area (Å²) in [5.74, 6) is -1.51. The molecule has 0 aliphatic heterocycles. The van der Waals surface area contributed by atoms with Crippen LogP contribution in [-0.4, -0.2) is 45.3 Å². The Balaban J connectivity index is 1.95. The Morgan fingerprint density at radius 3 is 1.75 bits per heavy atom. The number of ether oxygens (including phenoxy) is 2. The van der Waals surface area contributed by atoms with Crippen LogP contribution in [0.2, 0.25) is 5.04 Å². The largest absolute Gasteiger partial charge is 0.469 e. The van der Waals surface area contributed by atoms with Crippen LogP contribution < -0.4 is 10.4 Å². The van der Waals surface area contributed by atoms with Crippen molar-refractivity contribution in [3.05, 3.63) is 96.6 Å². The minimum atomic E-state index is -2.74. The Morgan fingerprint density at radius 2 is 1.30 bits per heavy atom. The van der Waals surface area contributed by atoms with Crippen molar-refractivity contribution in [3.63, 3.8) is 0 Å². The highest BCUT2D eigenvalue weighted by molar-refractivity contribution is 6.99. The molecule has 0 bridgehead atoms. The van der Waals surface area contributed by atoms with Crippen molar-refractivity contribution >= 4 is 24.7 Å². The van der Waals surface area contributed by atoms with Crippen LogP contribution in [0.4, 0.5) is 0 Å². The summed E-state index contributed by atoms with van der Waals surface area (Å²) in [5, 5.41) is 13.5. The van der Waals surface area contributed by atoms with E-state index in [2.05, 4.69) is 76.2 Å². The maximum atomic E-state index is 12.3. The highest BCUT2D eigenvalue weighted by Crippen LogP contribution is 2.37. The first-order valence-corrected chi connectivity index (χ1v) is 16.1. The molecule has 0 saturated heterocycles. The Bertz CT molecular complexity index is 1120. The second-order valence-electron chi connectivity index (χ2n) is 11.9. The molecule has 0 unspecified atom stereocenters. The lowest BCUT2D eigenvalue weighted by Crippen LogP contribution is -2.67. The molecule has 0 heterocycles. The summed E-state index contributed by atoms with van der Waals surface area (Å²) in [4.78, 5) is 12.3. The van der Waals surface area contributed by atoms with E-state index in [0.717, 1.165) is 5.56 Å². The highest BCUT2D eigenvalue weighted by Gasteiger charge is 2.50. The van der Waals surface area contributed by atoms with Gasteiger partial charge in [0.25, 0.3) is 8.32 Å². The van der Waals surface area contributed by atoms with Crippen LogP contribution in [0, 0.1) is 17.8 Å². The number of benzene rings is 3. The fourth-order valence-corrected chi connectivity index (χ4v) is 10.4. The van der Waals surface area contributed by atoms with Crippen molar-refractivity contribution < 1.29 is 23.8 Å². The zero-order valence-corrected chi connectivity index (χ0v) is 26.0. The summed E-state index contributed by atoms with van der Waals surface area (Å²) in [7, 11) is -1.40. The van der Waals surface area contributed by atoms with Crippen molar-refractivity contribution in [2.75, 3.05) is 13.7 Å². The molecule has 3 rings (SSSR count). The standard InChI is InChI=1S/C34H46O5Si/c1-25(32(38-24-28-17-11-8-12-18-28)26(2)31(35)27(3)33(36)37-7)23-39-40(34(4,5)6,29-19-13-9-14-20-29)30-21-15-10-16-22-30/h8-22,25-27,31-32,35H,23-24H2,1-7H3/t25-,26+,27-,31+,32+/m0/s1. The van der Waals surface area contributed by atoms with E-state index >= 15 is 0 Å². The van der Waals surface area contributed by atoms with Gasteiger partial charge in [-0.05, 0) is 27.9 Å². The molecule has 0 aliphatic carbocycles. The third kappa shape index (κ3) is 7.29. The molecule has 216 valence electrons. The third-order valence-electron chi connectivity index (χ3n) is 7.97. The van der Waals surface area contributed by atoms with Crippen LogP contribution in [0.5, 0.6) is 0 Å². The number of esters is 1. The number of carbonyl (C=O) groups excluding carboxylic acids is 1. The lowest BCUT2D eigenvalue weighted by molar-refractivity contribution is -0.153. The van der Waals surface area contributed by atoms with Crippen LogP contribution in [0.3, 0.4) is 0 Å². The van der Waals surface area contributed by atoms with Gasteiger partial charge in [-0.25, -0.2) is 0 Å². The summed E-state index contributed by atoms with van der Waals surface area (Å²) in [6.07, 6.45) is -1.29. The maximum Gasteiger partial charge on any atom is 0.311 e. The lowest BCUT2D eigenvalue weighted by Gasteiger charge is -2.44. The molecule has 0 radical (unpaired) electrons. The first-order chi connectivity index (χ1) is 19.0. The number of aliphatic hydroxyl groups excluding tert-OH is 1. The van der Waals surface area contributed by atoms with E-state index in [4.69, 9.17) is 13.9 Å². The Kier molecular flexibility index (Phi) is 11.3. The third-order valence-corrected chi connectivity index (χ3v) is 13.0. The minimum Gasteiger partial charge on any atom is -0.469 e. The van der Waals surface area contributed by atoms with Gasteiger partial charge in [0.05, 0.1) is 31.8 Å². The molecule has 6 heteroatoms. The van der Waals surface area contributed by atoms with Gasteiger partial charge in [0.1, 0.15) is 0 Å².